The van der Waals surface area contributed by atoms with Crippen LogP contribution in [0.3, 0.4) is 0 Å². The minimum atomic E-state index is -0.0268. The van der Waals surface area contributed by atoms with Crippen molar-refractivity contribution in [2.24, 2.45) is 0 Å². The van der Waals surface area contributed by atoms with Crippen LogP contribution in [-0.4, -0.2) is 6.85 Å². The third kappa shape index (κ3) is 3.21. The van der Waals surface area contributed by atoms with Gasteiger partial charge in [-0.25, -0.2) is 0 Å². The second-order valence-electron chi connectivity index (χ2n) is 11.9. The van der Waals surface area contributed by atoms with Crippen LogP contribution >= 0.6 is 11.8 Å². The van der Waals surface area contributed by atoms with Crippen molar-refractivity contribution >= 4 is 58.0 Å². The maximum absolute atomic E-state index is 6.48. The second kappa shape index (κ2) is 8.74. The zero-order valence-electron chi connectivity index (χ0n) is 24.2. The van der Waals surface area contributed by atoms with Gasteiger partial charge >= 0.3 is 6.85 Å². The molecule has 0 spiro atoms. The Morgan fingerprint density at radius 1 is 0.568 bits per heavy atom. The molecule has 4 aliphatic rings. The topological polar surface area (TPSA) is 24.9 Å². The molecule has 0 aliphatic carbocycles. The minimum Gasteiger partial charge on any atom is -0.449 e. The van der Waals surface area contributed by atoms with E-state index in [1.807, 2.05) is 36.0 Å². The average molecular weight is 585 g/mol. The summed E-state index contributed by atoms with van der Waals surface area (Å²) >= 11 is 1.86. The van der Waals surface area contributed by atoms with Crippen LogP contribution in [0, 0.1) is 13.8 Å². The molecule has 0 radical (unpaired) electrons. The lowest BCUT2D eigenvalue weighted by Crippen LogP contribution is -2.62. The van der Waals surface area contributed by atoms with E-state index in [1.165, 1.54) is 60.2 Å². The lowest BCUT2D eigenvalue weighted by atomic mass is 9.43. The SMILES string of the molecule is Cc1cc2c3c(c1)N1c4ccccc4Sc4cccc(c41)B3N(c1ccccc1C)c1cc3c(cc1-2)Oc1ccccc1O3. The van der Waals surface area contributed by atoms with Gasteiger partial charge in [-0.1, -0.05) is 72.4 Å². The van der Waals surface area contributed by atoms with Crippen molar-refractivity contribution in [2.45, 2.75) is 23.6 Å². The van der Waals surface area contributed by atoms with Gasteiger partial charge in [0.05, 0.1) is 11.4 Å². The third-order valence-electron chi connectivity index (χ3n) is 9.23. The molecule has 0 saturated carbocycles. The van der Waals surface area contributed by atoms with Gasteiger partial charge in [-0.3, -0.25) is 0 Å². The number of benzene rings is 6. The number of rotatable bonds is 1. The minimum absolute atomic E-state index is 0.0268. The van der Waals surface area contributed by atoms with Crippen molar-refractivity contribution in [3.63, 3.8) is 0 Å². The summed E-state index contributed by atoms with van der Waals surface area (Å²) in [7, 11) is 0. The molecule has 4 aliphatic heterocycles. The first-order chi connectivity index (χ1) is 21.6. The van der Waals surface area contributed by atoms with Crippen LogP contribution in [0.5, 0.6) is 23.0 Å². The van der Waals surface area contributed by atoms with Crippen molar-refractivity contribution in [1.29, 1.82) is 0 Å². The first-order valence-corrected chi connectivity index (χ1v) is 15.8. The zero-order chi connectivity index (χ0) is 29.1. The van der Waals surface area contributed by atoms with Gasteiger partial charge in [0.25, 0.3) is 0 Å². The van der Waals surface area contributed by atoms with E-state index < -0.39 is 0 Å². The normalized spacial score (nSPS) is 14.3. The number of aryl methyl sites for hydroxylation is 2. The summed E-state index contributed by atoms with van der Waals surface area (Å²) in [4.78, 5) is 7.60. The monoisotopic (exact) mass is 584 g/mol. The summed E-state index contributed by atoms with van der Waals surface area (Å²) in [5.41, 5.74) is 13.5. The van der Waals surface area contributed by atoms with E-state index in [4.69, 9.17) is 9.47 Å². The average Bonchev–Trinajstić information content (AvgIpc) is 3.04. The molecule has 0 unspecified atom stereocenters. The molecule has 10 rings (SSSR count). The summed E-state index contributed by atoms with van der Waals surface area (Å²) in [6.07, 6.45) is 0. The van der Waals surface area contributed by atoms with E-state index in [-0.39, 0.29) is 6.85 Å². The van der Waals surface area contributed by atoms with Gasteiger partial charge < -0.3 is 19.2 Å². The summed E-state index contributed by atoms with van der Waals surface area (Å²) in [5, 5.41) is 0. The highest BCUT2D eigenvalue weighted by molar-refractivity contribution is 7.99. The Balaban J connectivity index is 1.32. The van der Waals surface area contributed by atoms with Crippen molar-refractivity contribution in [3.8, 4) is 34.1 Å². The number of nitrogens with zero attached hydrogens (tertiary/aromatic N) is 2. The van der Waals surface area contributed by atoms with E-state index in [2.05, 4.69) is 115 Å². The Morgan fingerprint density at radius 3 is 2.09 bits per heavy atom. The number of hydrogen-bond donors (Lipinski definition) is 0. The lowest BCUT2D eigenvalue weighted by Gasteiger charge is -2.48. The molecule has 208 valence electrons. The van der Waals surface area contributed by atoms with Gasteiger partial charge in [0.1, 0.15) is 0 Å². The molecule has 4 heterocycles. The molecular weight excluding hydrogens is 559 g/mol. The van der Waals surface area contributed by atoms with Crippen LogP contribution in [0.2, 0.25) is 0 Å². The molecule has 0 aromatic heterocycles. The highest BCUT2D eigenvalue weighted by atomic mass is 32.2. The van der Waals surface area contributed by atoms with Gasteiger partial charge in [-0.2, -0.15) is 0 Å². The van der Waals surface area contributed by atoms with Crippen molar-refractivity contribution in [1.82, 2.24) is 0 Å². The molecule has 0 N–H and O–H groups in total. The van der Waals surface area contributed by atoms with Gasteiger partial charge in [-0.15, -0.1) is 0 Å². The highest BCUT2D eigenvalue weighted by Crippen LogP contribution is 2.56. The van der Waals surface area contributed by atoms with Gasteiger partial charge in [0.15, 0.2) is 23.0 Å². The van der Waals surface area contributed by atoms with Gasteiger partial charge in [0.2, 0.25) is 0 Å². The predicted molar refractivity (Wildman–Crippen MR) is 180 cm³/mol. The molecule has 6 aromatic rings. The number of ether oxygens (including phenoxy) is 2. The lowest BCUT2D eigenvalue weighted by molar-refractivity contribution is 0.360. The molecule has 0 fully saturated rings. The van der Waals surface area contributed by atoms with Crippen molar-refractivity contribution in [2.75, 3.05) is 9.71 Å². The van der Waals surface area contributed by atoms with E-state index in [9.17, 15) is 0 Å². The first-order valence-electron chi connectivity index (χ1n) is 15.0. The van der Waals surface area contributed by atoms with Crippen molar-refractivity contribution < 1.29 is 9.47 Å². The Hall–Kier alpha value is -5.07. The van der Waals surface area contributed by atoms with Crippen LogP contribution in [-0.2, 0) is 0 Å². The fourth-order valence-corrected chi connectivity index (χ4v) is 8.52. The van der Waals surface area contributed by atoms with Crippen LogP contribution in [0.4, 0.5) is 28.4 Å². The molecule has 6 heteroatoms. The molecule has 0 amide bonds. The number of para-hydroxylation sites is 5. The molecule has 44 heavy (non-hydrogen) atoms. The van der Waals surface area contributed by atoms with E-state index in [0.717, 1.165) is 34.2 Å². The summed E-state index contributed by atoms with van der Waals surface area (Å²) < 4.78 is 12.9. The Kier molecular flexibility index (Phi) is 4.85. The second-order valence-corrected chi connectivity index (χ2v) is 13.0. The van der Waals surface area contributed by atoms with Crippen LogP contribution in [0.25, 0.3) is 11.1 Å². The maximum Gasteiger partial charge on any atom is 0.333 e. The molecule has 0 bridgehead atoms. The number of hydrogen-bond acceptors (Lipinski definition) is 5. The van der Waals surface area contributed by atoms with E-state index in [1.54, 1.807) is 0 Å². The summed E-state index contributed by atoms with van der Waals surface area (Å²) in [5.74, 6) is 2.94. The van der Waals surface area contributed by atoms with Crippen LogP contribution in [0.1, 0.15) is 11.1 Å². The molecule has 6 aromatic carbocycles. The third-order valence-corrected chi connectivity index (χ3v) is 10.3. The van der Waals surface area contributed by atoms with Crippen LogP contribution in [0.15, 0.2) is 125 Å². The smallest absolute Gasteiger partial charge is 0.333 e. The van der Waals surface area contributed by atoms with Crippen LogP contribution < -0.4 is 30.1 Å². The Morgan fingerprint density at radius 2 is 1.27 bits per heavy atom. The fourth-order valence-electron chi connectivity index (χ4n) is 7.42. The van der Waals surface area contributed by atoms with Crippen molar-refractivity contribution in [3.05, 3.63) is 126 Å². The molecule has 0 saturated heterocycles. The first kappa shape index (κ1) is 24.4. The molecule has 4 nitrogen and oxygen atoms in total. The number of anilines is 5. The quantitative estimate of drug-likeness (QED) is 0.179. The largest absolute Gasteiger partial charge is 0.449 e. The Bertz CT molecular complexity index is 2230. The molecule has 0 atom stereocenters. The Labute approximate surface area is 260 Å². The fraction of sp³-hybridized carbons (Fsp3) is 0.0526. The number of fused-ring (bicyclic) bond motifs is 8. The van der Waals surface area contributed by atoms with Gasteiger partial charge in [-0.05, 0) is 90.0 Å². The summed E-state index contributed by atoms with van der Waals surface area (Å²) in [6.45, 7) is 4.39. The zero-order valence-corrected chi connectivity index (χ0v) is 25.0. The van der Waals surface area contributed by atoms with Gasteiger partial charge in [0, 0.05) is 38.5 Å². The summed E-state index contributed by atoms with van der Waals surface area (Å²) in [6, 6.07) is 41.3. The predicted octanol–water partition coefficient (Wildman–Crippen LogP) is 9.37. The highest BCUT2D eigenvalue weighted by Gasteiger charge is 2.47. The molecular formula is C38H25BN2O2S. The van der Waals surface area contributed by atoms with E-state index >= 15 is 0 Å². The van der Waals surface area contributed by atoms with E-state index in [0.29, 0.717) is 0 Å². The standard InChI is InChI=1S/C38H25BN2O2S/c1-22-18-25-24-20-33-34(43-32-15-7-6-14-31(32)42-33)21-29(24)41(27-12-4-3-10-23(27)2)39-26-11-9-17-36-38(26)40(30(19-22)37(25)39)28-13-5-8-16-35(28)44-36/h3-21H,1-2H3. The maximum atomic E-state index is 6.48.